The minimum Gasteiger partial charge on any atom is -0.391 e. The van der Waals surface area contributed by atoms with Crippen LogP contribution in [0.15, 0.2) is 29.1 Å². The van der Waals surface area contributed by atoms with E-state index in [1.807, 2.05) is 22.6 Å². The number of fused-ring (bicyclic) bond motifs is 1. The number of amides is 1. The molecule has 0 aliphatic carbocycles. The van der Waals surface area contributed by atoms with Gasteiger partial charge in [-0.1, -0.05) is 0 Å². The number of carbonyl (C=O) groups excluding carboxylic acids is 1. The third-order valence-corrected chi connectivity index (χ3v) is 5.76. The Morgan fingerprint density at radius 1 is 1.34 bits per heavy atom. The van der Waals surface area contributed by atoms with Gasteiger partial charge in [0.05, 0.1) is 27.7 Å². The smallest absolute Gasteiger partial charge is 0.287 e. The number of nitrogens with one attached hydrogen (secondary N) is 2. The van der Waals surface area contributed by atoms with Gasteiger partial charge < -0.3 is 15.0 Å². The van der Waals surface area contributed by atoms with Crippen LogP contribution in [0.25, 0.3) is 10.2 Å². The molecule has 0 unspecified atom stereocenters. The van der Waals surface area contributed by atoms with Gasteiger partial charge in [0.1, 0.15) is 23.1 Å². The summed E-state index contributed by atoms with van der Waals surface area (Å²) in [5, 5.41) is 12.0. The molecule has 0 spiro atoms. The number of aromatic nitrogens is 1. The molecule has 0 bridgehead atoms. The first-order chi connectivity index (χ1) is 13.7. The molecule has 3 rings (SSSR count). The highest BCUT2D eigenvalue weighted by molar-refractivity contribution is 14.1. The number of halogens is 3. The van der Waals surface area contributed by atoms with Gasteiger partial charge >= 0.3 is 0 Å². The molecule has 154 valence electrons. The molecule has 0 radical (unpaired) electrons. The van der Waals surface area contributed by atoms with E-state index in [0.717, 1.165) is 17.4 Å². The molecule has 0 aliphatic heterocycles. The molecule has 3 aromatic rings. The average Bonchev–Trinajstić information content (AvgIpc) is 3.02. The molecule has 3 N–H and O–H groups in total. The third-order valence-electron chi connectivity index (χ3n) is 3.90. The number of thiophene rings is 1. The molecule has 2 aromatic heterocycles. The van der Waals surface area contributed by atoms with Crippen molar-refractivity contribution in [2.45, 2.75) is 13.0 Å². The summed E-state index contributed by atoms with van der Waals surface area (Å²) < 4.78 is 30.7. The Balaban J connectivity index is 2.13. The lowest BCUT2D eigenvalue weighted by Gasteiger charge is -2.12. The van der Waals surface area contributed by atoms with Crippen molar-refractivity contribution in [3.8, 4) is 0 Å². The molecule has 11 heteroatoms. The summed E-state index contributed by atoms with van der Waals surface area (Å²) in [6, 6.07) is 5.25. The first kappa shape index (κ1) is 21.6. The number of hydrogen-bond donors (Lipinski definition) is 3. The van der Waals surface area contributed by atoms with Crippen molar-refractivity contribution in [2.75, 3.05) is 11.9 Å². The van der Waals surface area contributed by atoms with Crippen molar-refractivity contribution in [3.05, 3.63) is 54.7 Å². The van der Waals surface area contributed by atoms with Gasteiger partial charge in [-0.25, -0.2) is 14.3 Å². The van der Waals surface area contributed by atoms with E-state index in [2.05, 4.69) is 10.8 Å². The van der Waals surface area contributed by atoms with Crippen molar-refractivity contribution in [3.63, 3.8) is 0 Å². The number of aliphatic hydroxyl groups is 1. The topological polar surface area (TPSA) is 92.6 Å². The Morgan fingerprint density at radius 2 is 2.07 bits per heavy atom. The van der Waals surface area contributed by atoms with Crippen molar-refractivity contribution in [1.29, 1.82) is 0 Å². The van der Waals surface area contributed by atoms with Crippen molar-refractivity contribution < 1.29 is 23.5 Å². The van der Waals surface area contributed by atoms with Gasteiger partial charge in [-0.2, -0.15) is 0 Å². The Bertz CT molecular complexity index is 1150. The number of nitrogens with zero attached hydrogens (tertiary/aromatic N) is 1. The highest BCUT2D eigenvalue weighted by Gasteiger charge is 2.24. The van der Waals surface area contributed by atoms with Crippen LogP contribution in [0.4, 0.5) is 20.2 Å². The van der Waals surface area contributed by atoms with Gasteiger partial charge in [0.2, 0.25) is 0 Å². The standard InChI is InChI=1S/C18H16F2IN3O4S/c1-8(25)7-28-23-18(27)17-14(22-12-4-3-9(21)5-10(12)19)15-16(29-17)11(20)6-13(26)24(15)2/h3-6,8,22,25H,7H2,1-2H3,(H,23,27)/t8-/m0/s1. The number of pyridine rings is 1. The van der Waals surface area contributed by atoms with E-state index in [1.165, 1.54) is 30.7 Å². The number of hydroxylamine groups is 1. The molecule has 29 heavy (non-hydrogen) atoms. The molecule has 1 aromatic carbocycles. The maximum absolute atomic E-state index is 14.4. The molecular weight excluding hydrogens is 519 g/mol. The fourth-order valence-corrected chi connectivity index (χ4v) is 4.09. The van der Waals surface area contributed by atoms with Crippen molar-refractivity contribution in [2.24, 2.45) is 7.05 Å². The zero-order chi connectivity index (χ0) is 21.3. The first-order valence-electron chi connectivity index (χ1n) is 8.33. The average molecular weight is 535 g/mol. The van der Waals surface area contributed by atoms with E-state index in [9.17, 15) is 23.5 Å². The monoisotopic (exact) mass is 535 g/mol. The van der Waals surface area contributed by atoms with E-state index in [4.69, 9.17) is 4.84 Å². The summed E-state index contributed by atoms with van der Waals surface area (Å²) in [5.74, 6) is -2.09. The van der Waals surface area contributed by atoms with Crippen LogP contribution in [0, 0.1) is 15.2 Å². The van der Waals surface area contributed by atoms with Gasteiger partial charge in [-0.15, -0.1) is 11.3 Å². The summed E-state index contributed by atoms with van der Waals surface area (Å²) in [7, 11) is 1.43. The minimum absolute atomic E-state index is 0.0105. The van der Waals surface area contributed by atoms with E-state index >= 15 is 0 Å². The lowest BCUT2D eigenvalue weighted by atomic mass is 10.2. The predicted molar refractivity (Wildman–Crippen MR) is 115 cm³/mol. The molecule has 0 saturated carbocycles. The Kier molecular flexibility index (Phi) is 6.51. The lowest BCUT2D eigenvalue weighted by molar-refractivity contribution is -0.00661. The summed E-state index contributed by atoms with van der Waals surface area (Å²) in [5.41, 5.74) is 1.80. The van der Waals surface area contributed by atoms with Crippen LogP contribution in [-0.2, 0) is 11.9 Å². The Hall–Kier alpha value is -2.09. The summed E-state index contributed by atoms with van der Waals surface area (Å²) in [6.07, 6.45) is -0.811. The summed E-state index contributed by atoms with van der Waals surface area (Å²) in [4.78, 5) is 29.6. The van der Waals surface area contributed by atoms with E-state index in [0.29, 0.717) is 3.57 Å². The first-order valence-corrected chi connectivity index (χ1v) is 10.2. The largest absolute Gasteiger partial charge is 0.391 e. The van der Waals surface area contributed by atoms with Gasteiger partial charge in [0.25, 0.3) is 11.5 Å². The SMILES string of the molecule is C[C@H](O)CONC(=O)c1sc2c(F)cc(=O)n(C)c2c1Nc1ccc(I)cc1F. The van der Waals surface area contributed by atoms with Crippen LogP contribution in [0.3, 0.4) is 0 Å². The highest BCUT2D eigenvalue weighted by Crippen LogP contribution is 2.38. The van der Waals surface area contributed by atoms with Gasteiger partial charge in [-0.05, 0) is 47.7 Å². The van der Waals surface area contributed by atoms with Crippen molar-refractivity contribution in [1.82, 2.24) is 10.0 Å². The quantitative estimate of drug-likeness (QED) is 0.333. The van der Waals surface area contributed by atoms with E-state index in [-0.39, 0.29) is 33.1 Å². The third kappa shape index (κ3) is 4.57. The zero-order valence-corrected chi connectivity index (χ0v) is 18.2. The molecule has 7 nitrogen and oxygen atoms in total. The number of carbonyl (C=O) groups is 1. The lowest BCUT2D eigenvalue weighted by Crippen LogP contribution is -2.27. The fourth-order valence-electron chi connectivity index (χ4n) is 2.56. The van der Waals surface area contributed by atoms with E-state index in [1.54, 1.807) is 6.07 Å². The second-order valence-corrected chi connectivity index (χ2v) is 8.48. The number of benzene rings is 1. The molecule has 0 fully saturated rings. The van der Waals surface area contributed by atoms with E-state index < -0.39 is 29.2 Å². The van der Waals surface area contributed by atoms with Gasteiger partial charge in [0.15, 0.2) is 0 Å². The molecule has 0 aliphatic rings. The van der Waals surface area contributed by atoms with Crippen LogP contribution < -0.4 is 16.4 Å². The molecule has 2 heterocycles. The Morgan fingerprint density at radius 3 is 2.72 bits per heavy atom. The second-order valence-electron chi connectivity index (χ2n) is 6.21. The number of anilines is 2. The Labute approximate surface area is 181 Å². The van der Waals surface area contributed by atoms with Crippen LogP contribution >= 0.6 is 33.9 Å². The second kappa shape index (κ2) is 8.73. The summed E-state index contributed by atoms with van der Waals surface area (Å²) >= 11 is 2.75. The zero-order valence-electron chi connectivity index (χ0n) is 15.3. The molecular formula is C18H16F2IN3O4S. The highest BCUT2D eigenvalue weighted by atomic mass is 127. The molecule has 1 atom stereocenters. The number of rotatable bonds is 6. The number of aliphatic hydroxyl groups excluding tert-OH is 1. The van der Waals surface area contributed by atoms with Crippen LogP contribution in [0.1, 0.15) is 16.6 Å². The molecule has 0 saturated heterocycles. The summed E-state index contributed by atoms with van der Waals surface area (Å²) in [6.45, 7) is 1.32. The van der Waals surface area contributed by atoms with Gasteiger partial charge in [-0.3, -0.25) is 14.4 Å². The van der Waals surface area contributed by atoms with Crippen LogP contribution in [-0.4, -0.2) is 28.3 Å². The van der Waals surface area contributed by atoms with Crippen LogP contribution in [0.5, 0.6) is 0 Å². The van der Waals surface area contributed by atoms with Crippen molar-refractivity contribution >= 4 is 61.4 Å². The molecule has 1 amide bonds. The minimum atomic E-state index is -0.811. The maximum Gasteiger partial charge on any atom is 0.287 e. The number of hydrogen-bond acceptors (Lipinski definition) is 6. The predicted octanol–water partition coefficient (Wildman–Crippen LogP) is 3.27. The fraction of sp³-hybridized carbons (Fsp3) is 0.222. The van der Waals surface area contributed by atoms with Crippen LogP contribution in [0.2, 0.25) is 0 Å². The number of aryl methyl sites for hydroxylation is 1. The maximum atomic E-state index is 14.4. The normalized spacial score (nSPS) is 12.2. The van der Waals surface area contributed by atoms with Gasteiger partial charge in [0, 0.05) is 16.7 Å².